The lowest BCUT2D eigenvalue weighted by Gasteiger charge is -2.13. The Morgan fingerprint density at radius 1 is 1.35 bits per heavy atom. The van der Waals surface area contributed by atoms with Crippen LogP contribution in [0.25, 0.3) is 0 Å². The molecule has 0 aliphatic heterocycles. The molecule has 2 N–H and O–H groups in total. The fraction of sp³-hybridized carbons (Fsp3) is 0.375. The zero-order valence-corrected chi connectivity index (χ0v) is 12.8. The zero-order chi connectivity index (χ0) is 17.1. The monoisotopic (exact) mass is 325 g/mol. The highest BCUT2D eigenvalue weighted by molar-refractivity contribution is 6.24. The van der Waals surface area contributed by atoms with E-state index in [9.17, 15) is 23.5 Å². The summed E-state index contributed by atoms with van der Waals surface area (Å²) in [6.45, 7) is 1.70. The molecule has 7 heteroatoms. The second-order valence-electron chi connectivity index (χ2n) is 5.20. The van der Waals surface area contributed by atoms with E-state index in [-0.39, 0.29) is 18.2 Å². The number of carboxylic acid groups (broad SMARTS) is 1. The molecule has 1 aliphatic carbocycles. The van der Waals surface area contributed by atoms with Crippen LogP contribution >= 0.6 is 0 Å². The number of methoxy groups -OCH3 is 1. The number of hydrogen-bond donors (Lipinski definition) is 2. The molecule has 1 aromatic rings. The number of benzene rings is 1. The van der Waals surface area contributed by atoms with E-state index in [2.05, 4.69) is 10.1 Å². The summed E-state index contributed by atoms with van der Waals surface area (Å²) in [6.07, 6.45) is 2.07. The molecule has 5 nitrogen and oxygen atoms in total. The van der Waals surface area contributed by atoms with Gasteiger partial charge in [0.25, 0.3) is 0 Å². The molecular formula is C16H17F2NO4. The van der Waals surface area contributed by atoms with Crippen LogP contribution in [0.15, 0.2) is 23.4 Å². The minimum Gasteiger partial charge on any atom is -0.491 e. The van der Waals surface area contributed by atoms with Crippen LogP contribution < -0.4 is 10.1 Å². The first-order valence-corrected chi connectivity index (χ1v) is 7.20. The summed E-state index contributed by atoms with van der Waals surface area (Å²) >= 11 is 0. The normalized spacial score (nSPS) is 15.0. The lowest BCUT2D eigenvalue weighted by molar-refractivity contribution is -0.132. The van der Waals surface area contributed by atoms with Gasteiger partial charge in [-0.2, -0.15) is 0 Å². The molecule has 0 bridgehead atoms. The molecule has 124 valence electrons. The lowest BCUT2D eigenvalue weighted by Crippen LogP contribution is -2.25. The third-order valence-corrected chi connectivity index (χ3v) is 3.55. The maximum atomic E-state index is 14.2. The van der Waals surface area contributed by atoms with Crippen LogP contribution in [0.5, 0.6) is 5.75 Å². The van der Waals surface area contributed by atoms with E-state index >= 15 is 0 Å². The zero-order valence-electron chi connectivity index (χ0n) is 12.8. The Hall–Kier alpha value is -2.44. The largest absolute Gasteiger partial charge is 0.491 e. The van der Waals surface area contributed by atoms with Gasteiger partial charge in [0, 0.05) is 11.7 Å². The number of carboxylic acids is 1. The summed E-state index contributed by atoms with van der Waals surface area (Å²) in [5.41, 5.74) is -0.830. The van der Waals surface area contributed by atoms with E-state index < -0.39 is 40.3 Å². The smallest absolute Gasteiger partial charge is 0.341 e. The topological polar surface area (TPSA) is 75.6 Å². The van der Waals surface area contributed by atoms with E-state index in [4.69, 9.17) is 0 Å². The number of Topliss-reactive ketones (excluding diaryl/α,β-unsaturated/α-hetero) is 1. The van der Waals surface area contributed by atoms with Gasteiger partial charge in [0.15, 0.2) is 17.4 Å². The molecule has 0 heterocycles. The average Bonchev–Trinajstić information content (AvgIpc) is 3.30. The Morgan fingerprint density at radius 2 is 2.00 bits per heavy atom. The van der Waals surface area contributed by atoms with Crippen molar-refractivity contribution in [1.82, 2.24) is 5.32 Å². The van der Waals surface area contributed by atoms with Gasteiger partial charge in [-0.1, -0.05) is 6.92 Å². The van der Waals surface area contributed by atoms with Gasteiger partial charge in [-0.25, -0.2) is 13.6 Å². The minimum atomic E-state index is -1.46. The first-order chi connectivity index (χ1) is 10.9. The predicted molar refractivity (Wildman–Crippen MR) is 78.4 cm³/mol. The van der Waals surface area contributed by atoms with E-state index in [0.29, 0.717) is 0 Å². The Kier molecular flexibility index (Phi) is 4.98. The highest BCUT2D eigenvalue weighted by atomic mass is 19.1. The van der Waals surface area contributed by atoms with E-state index in [1.54, 1.807) is 6.92 Å². The summed E-state index contributed by atoms with van der Waals surface area (Å²) in [7, 11) is 1.07. The quantitative estimate of drug-likeness (QED) is 0.349. The molecule has 0 saturated heterocycles. The summed E-state index contributed by atoms with van der Waals surface area (Å²) in [5.74, 6) is -5.36. The molecule has 1 aliphatic rings. The molecule has 0 unspecified atom stereocenters. The van der Waals surface area contributed by atoms with Crippen molar-refractivity contribution in [2.75, 3.05) is 7.11 Å². The molecule has 1 saturated carbocycles. The number of carbonyl (C=O) groups excluding carboxylic acids is 1. The second-order valence-corrected chi connectivity index (χ2v) is 5.20. The van der Waals surface area contributed by atoms with Crippen LogP contribution in [0.2, 0.25) is 0 Å². The van der Waals surface area contributed by atoms with E-state index in [1.165, 1.54) is 0 Å². The number of carbonyl (C=O) groups is 2. The fourth-order valence-electron chi connectivity index (χ4n) is 2.22. The standard InChI is InChI=1S/C16H17F2NO4/c1-3-11(19-8-4-5-8)12(16(21)22)14(20)9-6-7-10(17)15(23-2)13(9)18/h6-8,19H,3-5H2,1-2H3,(H,21,22). The van der Waals surface area contributed by atoms with Gasteiger partial charge in [-0.05, 0) is 31.4 Å². The summed E-state index contributed by atoms with van der Waals surface area (Å²) in [6, 6.07) is 1.93. The maximum Gasteiger partial charge on any atom is 0.341 e. The number of rotatable bonds is 7. The lowest BCUT2D eigenvalue weighted by atomic mass is 9.99. The van der Waals surface area contributed by atoms with Gasteiger partial charge < -0.3 is 15.2 Å². The molecule has 0 atom stereocenters. The number of halogens is 2. The molecule has 0 amide bonds. The Labute approximate surface area is 131 Å². The third-order valence-electron chi connectivity index (χ3n) is 3.55. The molecule has 0 spiro atoms. The number of allylic oxidation sites excluding steroid dienone is 1. The SMILES string of the molecule is CCC(NC1CC1)=C(C(=O)O)C(=O)c1ccc(F)c(OC)c1F. The van der Waals surface area contributed by atoms with E-state index in [1.807, 2.05) is 0 Å². The van der Waals surface area contributed by atoms with Crippen molar-refractivity contribution in [3.63, 3.8) is 0 Å². The summed E-state index contributed by atoms with van der Waals surface area (Å²) < 4.78 is 32.3. The predicted octanol–water partition coefficient (Wildman–Crippen LogP) is 2.66. The molecule has 1 fully saturated rings. The van der Waals surface area contributed by atoms with Crippen molar-refractivity contribution in [3.05, 3.63) is 40.6 Å². The van der Waals surface area contributed by atoms with E-state index in [0.717, 1.165) is 32.1 Å². The first-order valence-electron chi connectivity index (χ1n) is 7.20. The highest BCUT2D eigenvalue weighted by Crippen LogP contribution is 2.28. The van der Waals surface area contributed by atoms with Crippen molar-refractivity contribution < 1.29 is 28.2 Å². The van der Waals surface area contributed by atoms with Crippen molar-refractivity contribution >= 4 is 11.8 Å². The van der Waals surface area contributed by atoms with Crippen LogP contribution in [0.1, 0.15) is 36.5 Å². The fourth-order valence-corrected chi connectivity index (χ4v) is 2.22. The molecular weight excluding hydrogens is 308 g/mol. The van der Waals surface area contributed by atoms with Crippen molar-refractivity contribution in [2.24, 2.45) is 0 Å². The molecule has 1 aromatic carbocycles. The van der Waals surface area contributed by atoms with Gasteiger partial charge >= 0.3 is 5.97 Å². The van der Waals surface area contributed by atoms with Crippen LogP contribution in [-0.4, -0.2) is 30.0 Å². The molecule has 2 rings (SSSR count). The Morgan fingerprint density at radius 3 is 2.48 bits per heavy atom. The van der Waals surface area contributed by atoms with Crippen LogP contribution in [0, 0.1) is 11.6 Å². The second kappa shape index (κ2) is 6.76. The van der Waals surface area contributed by atoms with Crippen LogP contribution in [-0.2, 0) is 4.79 Å². The number of ether oxygens (including phenoxy) is 1. The Bertz CT molecular complexity index is 681. The summed E-state index contributed by atoms with van der Waals surface area (Å²) in [5, 5.41) is 12.3. The van der Waals surface area contributed by atoms with Crippen LogP contribution in [0.3, 0.4) is 0 Å². The Balaban J connectivity index is 2.50. The van der Waals surface area contributed by atoms with Crippen molar-refractivity contribution in [3.8, 4) is 5.75 Å². The van der Waals surface area contributed by atoms with Crippen molar-refractivity contribution in [1.29, 1.82) is 0 Å². The summed E-state index contributed by atoms with van der Waals surface area (Å²) in [4.78, 5) is 24.0. The number of aliphatic carboxylic acids is 1. The molecule has 0 aromatic heterocycles. The highest BCUT2D eigenvalue weighted by Gasteiger charge is 2.30. The van der Waals surface area contributed by atoms with Gasteiger partial charge in [0.05, 0.1) is 12.7 Å². The van der Waals surface area contributed by atoms with Gasteiger partial charge in [0.1, 0.15) is 5.57 Å². The van der Waals surface area contributed by atoms with Crippen LogP contribution in [0.4, 0.5) is 8.78 Å². The van der Waals surface area contributed by atoms with Gasteiger partial charge in [0.2, 0.25) is 5.78 Å². The van der Waals surface area contributed by atoms with Gasteiger partial charge in [-0.15, -0.1) is 0 Å². The first kappa shape index (κ1) is 16.9. The van der Waals surface area contributed by atoms with Crippen molar-refractivity contribution in [2.45, 2.75) is 32.2 Å². The number of nitrogens with one attached hydrogen (secondary N) is 1. The third kappa shape index (κ3) is 3.49. The molecule has 0 radical (unpaired) electrons. The number of ketones is 1. The molecule has 23 heavy (non-hydrogen) atoms. The van der Waals surface area contributed by atoms with Gasteiger partial charge in [-0.3, -0.25) is 4.79 Å². The maximum absolute atomic E-state index is 14.2. The average molecular weight is 325 g/mol. The minimum absolute atomic E-state index is 0.139. The number of hydrogen-bond acceptors (Lipinski definition) is 4.